The summed E-state index contributed by atoms with van der Waals surface area (Å²) in [4.78, 5) is 0. The summed E-state index contributed by atoms with van der Waals surface area (Å²) in [6.45, 7) is 12.0. The van der Waals surface area contributed by atoms with E-state index in [2.05, 4.69) is 34.6 Å². The third-order valence-corrected chi connectivity index (χ3v) is 4.92. The highest BCUT2D eigenvalue weighted by molar-refractivity contribution is 4.81. The van der Waals surface area contributed by atoms with Crippen LogP contribution in [-0.4, -0.2) is 11.7 Å². The van der Waals surface area contributed by atoms with Crippen LogP contribution >= 0.6 is 0 Å². The smallest absolute Gasteiger partial charge is 0.0456 e. The maximum atomic E-state index is 9.11. The fourth-order valence-electron chi connectivity index (χ4n) is 3.69. The van der Waals surface area contributed by atoms with E-state index in [1.165, 1.54) is 38.5 Å². The first kappa shape index (κ1) is 16.0. The summed E-state index contributed by atoms with van der Waals surface area (Å²) >= 11 is 0. The van der Waals surface area contributed by atoms with E-state index in [1.807, 2.05) is 0 Å². The summed E-state index contributed by atoms with van der Waals surface area (Å²) in [7, 11) is 0. The summed E-state index contributed by atoms with van der Waals surface area (Å²) in [6, 6.07) is 0. The first-order valence-corrected chi connectivity index (χ1v) is 7.93. The lowest BCUT2D eigenvalue weighted by Crippen LogP contribution is -2.26. The first-order chi connectivity index (χ1) is 8.32. The lowest BCUT2D eigenvalue weighted by atomic mass is 9.68. The van der Waals surface area contributed by atoms with Crippen molar-refractivity contribution in [2.45, 2.75) is 73.1 Å². The molecule has 18 heavy (non-hydrogen) atoms. The van der Waals surface area contributed by atoms with Crippen LogP contribution in [-0.2, 0) is 0 Å². The van der Waals surface area contributed by atoms with E-state index in [4.69, 9.17) is 5.11 Å². The summed E-state index contributed by atoms with van der Waals surface area (Å²) in [5.41, 5.74) is 0.502. The zero-order valence-electron chi connectivity index (χ0n) is 13.2. The van der Waals surface area contributed by atoms with Gasteiger partial charge < -0.3 is 5.11 Å². The number of hydrogen-bond acceptors (Lipinski definition) is 1. The van der Waals surface area contributed by atoms with Gasteiger partial charge in [-0.2, -0.15) is 0 Å². The molecule has 0 aromatic carbocycles. The molecule has 1 N–H and O–H groups in total. The van der Waals surface area contributed by atoms with Gasteiger partial charge in [-0.3, -0.25) is 0 Å². The van der Waals surface area contributed by atoms with E-state index < -0.39 is 0 Å². The molecule has 0 aromatic rings. The molecular weight excluding hydrogens is 220 g/mol. The van der Waals surface area contributed by atoms with E-state index >= 15 is 0 Å². The maximum Gasteiger partial charge on any atom is 0.0456 e. The van der Waals surface area contributed by atoms with E-state index in [-0.39, 0.29) is 0 Å². The van der Waals surface area contributed by atoms with Crippen LogP contribution in [0, 0.1) is 29.1 Å². The van der Waals surface area contributed by atoms with Crippen molar-refractivity contribution in [1.82, 2.24) is 0 Å². The molecule has 0 amide bonds. The van der Waals surface area contributed by atoms with Crippen molar-refractivity contribution in [3.8, 4) is 0 Å². The Morgan fingerprint density at radius 2 is 1.56 bits per heavy atom. The molecular formula is C17H34O. The molecule has 0 heterocycles. The molecule has 0 aromatic heterocycles. The number of aliphatic hydroxyl groups is 1. The largest absolute Gasteiger partial charge is 0.396 e. The average molecular weight is 254 g/mol. The topological polar surface area (TPSA) is 20.2 Å². The third kappa shape index (κ3) is 5.30. The Morgan fingerprint density at radius 3 is 2.00 bits per heavy atom. The van der Waals surface area contributed by atoms with Crippen molar-refractivity contribution < 1.29 is 5.11 Å². The molecule has 1 nitrogen and oxygen atoms in total. The van der Waals surface area contributed by atoms with Crippen LogP contribution in [0.1, 0.15) is 73.1 Å². The summed E-state index contributed by atoms with van der Waals surface area (Å²) in [6.07, 6.45) is 8.28. The van der Waals surface area contributed by atoms with Crippen molar-refractivity contribution in [3.05, 3.63) is 0 Å². The highest BCUT2D eigenvalue weighted by Crippen LogP contribution is 2.41. The average Bonchev–Trinajstić information content (AvgIpc) is 2.28. The Bertz CT molecular complexity index is 220. The minimum Gasteiger partial charge on any atom is -0.396 e. The van der Waals surface area contributed by atoms with Gasteiger partial charge in [-0.05, 0) is 54.8 Å². The Kier molecular flexibility index (Phi) is 6.17. The van der Waals surface area contributed by atoms with E-state index in [9.17, 15) is 0 Å². The first-order valence-electron chi connectivity index (χ1n) is 7.93. The predicted molar refractivity (Wildman–Crippen MR) is 79.6 cm³/mol. The molecule has 1 heteroatoms. The van der Waals surface area contributed by atoms with Gasteiger partial charge in [-0.25, -0.2) is 0 Å². The Morgan fingerprint density at radius 1 is 1.00 bits per heavy atom. The monoisotopic (exact) mass is 254 g/mol. The van der Waals surface area contributed by atoms with Gasteiger partial charge in [0.15, 0.2) is 0 Å². The Labute approximate surface area is 114 Å². The molecule has 2 atom stereocenters. The number of rotatable bonds is 5. The maximum absolute atomic E-state index is 9.11. The van der Waals surface area contributed by atoms with Crippen LogP contribution in [0.15, 0.2) is 0 Å². The fourth-order valence-corrected chi connectivity index (χ4v) is 3.69. The minimum atomic E-state index is 0.348. The highest BCUT2D eigenvalue weighted by Gasteiger charge is 2.30. The predicted octanol–water partition coefficient (Wildman–Crippen LogP) is 4.88. The quantitative estimate of drug-likeness (QED) is 0.741. The van der Waals surface area contributed by atoms with Crippen LogP contribution < -0.4 is 0 Å². The lowest BCUT2D eigenvalue weighted by Gasteiger charge is -2.37. The molecule has 0 radical (unpaired) electrons. The van der Waals surface area contributed by atoms with Gasteiger partial charge in [0.2, 0.25) is 0 Å². The van der Waals surface area contributed by atoms with E-state index in [1.54, 1.807) is 0 Å². The molecule has 1 aliphatic carbocycles. The Balaban J connectivity index is 2.27. The minimum absolute atomic E-state index is 0.348. The molecule has 1 fully saturated rings. The van der Waals surface area contributed by atoms with Crippen LogP contribution in [0.25, 0.3) is 0 Å². The molecule has 1 aliphatic rings. The van der Waals surface area contributed by atoms with Crippen molar-refractivity contribution in [1.29, 1.82) is 0 Å². The number of hydrogen-bond donors (Lipinski definition) is 1. The zero-order valence-corrected chi connectivity index (χ0v) is 13.2. The number of aliphatic hydroxyl groups excluding tert-OH is 1. The van der Waals surface area contributed by atoms with Crippen molar-refractivity contribution in [2.75, 3.05) is 6.61 Å². The molecule has 0 aliphatic heterocycles. The zero-order chi connectivity index (χ0) is 13.8. The van der Waals surface area contributed by atoms with E-state index in [0.29, 0.717) is 17.9 Å². The summed E-state index contributed by atoms with van der Waals surface area (Å²) < 4.78 is 0. The molecule has 0 bridgehead atoms. The van der Waals surface area contributed by atoms with Crippen LogP contribution in [0.3, 0.4) is 0 Å². The second kappa shape index (κ2) is 6.93. The van der Waals surface area contributed by atoms with Gasteiger partial charge in [-0.15, -0.1) is 0 Å². The van der Waals surface area contributed by atoms with Gasteiger partial charge in [0, 0.05) is 6.61 Å². The van der Waals surface area contributed by atoms with Gasteiger partial charge >= 0.3 is 0 Å². The fraction of sp³-hybridized carbons (Fsp3) is 1.00. The van der Waals surface area contributed by atoms with Gasteiger partial charge in [-0.1, -0.05) is 47.5 Å². The molecule has 108 valence electrons. The third-order valence-electron chi connectivity index (χ3n) is 4.92. The van der Waals surface area contributed by atoms with Crippen LogP contribution in [0.2, 0.25) is 0 Å². The Hall–Kier alpha value is -0.0400. The molecule has 1 rings (SSSR count). The second-order valence-electron chi connectivity index (χ2n) is 7.95. The second-order valence-corrected chi connectivity index (χ2v) is 7.95. The van der Waals surface area contributed by atoms with Crippen LogP contribution in [0.5, 0.6) is 0 Å². The molecule has 0 spiro atoms. The summed E-state index contributed by atoms with van der Waals surface area (Å²) in [5.74, 6) is 3.14. The van der Waals surface area contributed by atoms with Crippen molar-refractivity contribution >= 4 is 0 Å². The van der Waals surface area contributed by atoms with Gasteiger partial charge in [0.05, 0.1) is 0 Å². The standard InChI is InChI=1S/C17H34O/c1-13(10-14(2)12-18)11-15-6-8-16(9-7-15)17(3,4)5/h13-16,18H,6-12H2,1-5H3. The van der Waals surface area contributed by atoms with Crippen molar-refractivity contribution in [2.24, 2.45) is 29.1 Å². The van der Waals surface area contributed by atoms with Crippen LogP contribution in [0.4, 0.5) is 0 Å². The highest BCUT2D eigenvalue weighted by atomic mass is 16.3. The van der Waals surface area contributed by atoms with Gasteiger partial charge in [0.25, 0.3) is 0 Å². The lowest BCUT2D eigenvalue weighted by molar-refractivity contribution is 0.134. The van der Waals surface area contributed by atoms with E-state index in [0.717, 1.165) is 17.8 Å². The molecule has 1 saturated carbocycles. The normalized spacial score (nSPS) is 29.0. The van der Waals surface area contributed by atoms with Gasteiger partial charge in [0.1, 0.15) is 0 Å². The molecule has 0 saturated heterocycles. The molecule has 2 unspecified atom stereocenters. The summed E-state index contributed by atoms with van der Waals surface area (Å²) in [5, 5.41) is 9.11. The SMILES string of the molecule is CC(CO)CC(C)CC1CCC(C(C)(C)C)CC1. The van der Waals surface area contributed by atoms with Crippen molar-refractivity contribution in [3.63, 3.8) is 0 Å².